The maximum absolute atomic E-state index is 10.0. The Labute approximate surface area is 190 Å². The number of aliphatic hydroxyl groups excluding tert-OH is 3. The predicted octanol–water partition coefficient (Wildman–Crippen LogP) is 1.41. The van der Waals surface area contributed by atoms with Crippen LogP contribution in [0.15, 0.2) is 70.9 Å². The Morgan fingerprint density at radius 3 is 1.87 bits per heavy atom. The molecular formula is C20H24N6O3S2. The third kappa shape index (κ3) is 9.59. The average Bonchev–Trinajstić information content (AvgIpc) is 2.78. The molecule has 0 aromatic heterocycles. The number of benzene rings is 2. The first-order valence-electron chi connectivity index (χ1n) is 9.28. The van der Waals surface area contributed by atoms with Crippen LogP contribution in [0.3, 0.4) is 0 Å². The van der Waals surface area contributed by atoms with Crippen molar-refractivity contribution in [2.75, 3.05) is 17.2 Å². The maximum atomic E-state index is 10.0. The lowest BCUT2D eigenvalue weighted by atomic mass is 10.1. The molecule has 2 rings (SSSR count). The molecule has 2 unspecified atom stereocenters. The summed E-state index contributed by atoms with van der Waals surface area (Å²) in [5.41, 5.74) is 7.13. The summed E-state index contributed by atoms with van der Waals surface area (Å²) in [6.45, 7) is -0.587. The molecule has 164 valence electrons. The Morgan fingerprint density at radius 2 is 1.35 bits per heavy atom. The van der Waals surface area contributed by atoms with Crippen molar-refractivity contribution in [2.45, 2.75) is 18.6 Å². The number of hydrogen-bond donors (Lipinski definition) is 7. The Hall–Kier alpha value is -2.96. The first kappa shape index (κ1) is 24.3. The van der Waals surface area contributed by atoms with Gasteiger partial charge in [0.15, 0.2) is 10.2 Å². The molecule has 0 aliphatic heterocycles. The van der Waals surface area contributed by atoms with Crippen molar-refractivity contribution in [3.8, 4) is 0 Å². The highest BCUT2D eigenvalue weighted by Crippen LogP contribution is 2.05. The van der Waals surface area contributed by atoms with E-state index in [4.69, 9.17) is 29.5 Å². The second kappa shape index (κ2) is 13.4. The number of aliphatic hydroxyl groups is 3. The van der Waals surface area contributed by atoms with Crippen LogP contribution in [-0.2, 0) is 0 Å². The van der Waals surface area contributed by atoms with Gasteiger partial charge in [0.2, 0.25) is 0 Å². The smallest absolute Gasteiger partial charge is 0.191 e. The van der Waals surface area contributed by atoms with Gasteiger partial charge >= 0.3 is 0 Å². The standard InChI is InChI=1S/C20H24N6O3S2/c27-13-18(29)17(28)11-16(24-26-20(31)23-15-9-5-2-6-10-15)12-21-25-19(30)22-14-7-3-1-4-8-14/h1-10,12,17-18,27-29H,11,13H2,(H2,22,25,30)(H2,23,26,31)/b21-12-,24-16-. The molecule has 0 fully saturated rings. The van der Waals surface area contributed by atoms with Gasteiger partial charge in [-0.15, -0.1) is 0 Å². The molecule has 0 radical (unpaired) electrons. The van der Waals surface area contributed by atoms with Crippen molar-refractivity contribution in [2.24, 2.45) is 10.2 Å². The summed E-state index contributed by atoms with van der Waals surface area (Å²) in [4.78, 5) is 0. The van der Waals surface area contributed by atoms with Crippen LogP contribution in [0.2, 0.25) is 0 Å². The number of thiocarbonyl (C=S) groups is 2. The monoisotopic (exact) mass is 460 g/mol. The lowest BCUT2D eigenvalue weighted by Crippen LogP contribution is -2.33. The Morgan fingerprint density at radius 1 is 0.839 bits per heavy atom. The zero-order valence-electron chi connectivity index (χ0n) is 16.5. The second-order valence-electron chi connectivity index (χ2n) is 6.25. The highest BCUT2D eigenvalue weighted by atomic mass is 32.1. The molecule has 0 saturated heterocycles. The molecule has 0 aliphatic carbocycles. The van der Waals surface area contributed by atoms with Gasteiger partial charge in [-0.25, -0.2) is 0 Å². The molecule has 2 atom stereocenters. The molecule has 31 heavy (non-hydrogen) atoms. The highest BCUT2D eigenvalue weighted by Gasteiger charge is 2.17. The molecule has 0 bridgehead atoms. The summed E-state index contributed by atoms with van der Waals surface area (Å²) in [5.74, 6) is 0. The normalized spacial score (nSPS) is 13.3. The fourth-order valence-corrected chi connectivity index (χ4v) is 2.58. The van der Waals surface area contributed by atoms with E-state index in [-0.39, 0.29) is 22.4 Å². The SMILES string of the molecule is OCC(O)C(O)CC(/C=N\NC(=S)Nc1ccccc1)=N/NC(=S)Nc1ccccc1. The van der Waals surface area contributed by atoms with Crippen molar-refractivity contribution >= 4 is 58.0 Å². The van der Waals surface area contributed by atoms with Crippen molar-refractivity contribution in [1.29, 1.82) is 0 Å². The third-order valence-electron chi connectivity index (χ3n) is 3.79. The third-order valence-corrected chi connectivity index (χ3v) is 4.18. The summed E-state index contributed by atoms with van der Waals surface area (Å²) in [6.07, 6.45) is -1.33. The summed E-state index contributed by atoms with van der Waals surface area (Å²) in [6, 6.07) is 18.6. The molecule has 9 nitrogen and oxygen atoms in total. The Kier molecular flexibility index (Phi) is 10.5. The van der Waals surface area contributed by atoms with E-state index in [1.54, 1.807) is 0 Å². The largest absolute Gasteiger partial charge is 0.394 e. The van der Waals surface area contributed by atoms with Gasteiger partial charge in [0.05, 0.1) is 24.6 Å². The van der Waals surface area contributed by atoms with Gasteiger partial charge < -0.3 is 26.0 Å². The molecule has 2 aromatic rings. The number of rotatable bonds is 9. The van der Waals surface area contributed by atoms with E-state index in [1.807, 2.05) is 60.7 Å². The van der Waals surface area contributed by atoms with Gasteiger partial charge in [0, 0.05) is 17.8 Å². The fraction of sp³-hybridized carbons (Fsp3) is 0.200. The minimum absolute atomic E-state index is 0.0905. The van der Waals surface area contributed by atoms with Crippen molar-refractivity contribution in [1.82, 2.24) is 10.9 Å². The first-order chi connectivity index (χ1) is 15.0. The second-order valence-corrected chi connectivity index (χ2v) is 7.06. The van der Waals surface area contributed by atoms with Gasteiger partial charge in [-0.3, -0.25) is 10.9 Å². The van der Waals surface area contributed by atoms with Crippen LogP contribution in [-0.4, -0.2) is 56.3 Å². The van der Waals surface area contributed by atoms with E-state index < -0.39 is 18.8 Å². The molecule has 11 heteroatoms. The van der Waals surface area contributed by atoms with Gasteiger partial charge in [-0.1, -0.05) is 36.4 Å². The van der Waals surface area contributed by atoms with Gasteiger partial charge in [0.25, 0.3) is 0 Å². The van der Waals surface area contributed by atoms with Crippen molar-refractivity contribution in [3.63, 3.8) is 0 Å². The van der Waals surface area contributed by atoms with Gasteiger partial charge in [0.1, 0.15) is 6.10 Å². The van der Waals surface area contributed by atoms with Crippen LogP contribution >= 0.6 is 24.4 Å². The van der Waals surface area contributed by atoms with Crippen molar-refractivity contribution in [3.05, 3.63) is 60.7 Å². The minimum atomic E-state index is -1.32. The number of para-hydroxylation sites is 2. The van der Waals surface area contributed by atoms with Crippen molar-refractivity contribution < 1.29 is 15.3 Å². The number of nitrogens with one attached hydrogen (secondary N) is 4. The quantitative estimate of drug-likeness (QED) is 0.168. The lowest BCUT2D eigenvalue weighted by Gasteiger charge is -2.15. The Balaban J connectivity index is 1.97. The highest BCUT2D eigenvalue weighted by molar-refractivity contribution is 7.80. The van der Waals surface area contributed by atoms with Crippen LogP contribution in [0.25, 0.3) is 0 Å². The summed E-state index contributed by atoms with van der Waals surface area (Å²) < 4.78 is 0. The summed E-state index contributed by atoms with van der Waals surface area (Å²) in [5, 5.41) is 43.2. The number of hydrazone groups is 2. The Bertz CT molecular complexity index is 896. The summed E-state index contributed by atoms with van der Waals surface area (Å²) in [7, 11) is 0. The molecular weight excluding hydrogens is 436 g/mol. The topological polar surface area (TPSA) is 134 Å². The molecule has 0 heterocycles. The molecule has 0 saturated carbocycles. The molecule has 7 N–H and O–H groups in total. The van der Waals surface area contributed by atoms with E-state index in [0.717, 1.165) is 11.4 Å². The van der Waals surface area contributed by atoms with E-state index >= 15 is 0 Å². The van der Waals surface area contributed by atoms with Crippen LogP contribution in [0.5, 0.6) is 0 Å². The lowest BCUT2D eigenvalue weighted by molar-refractivity contribution is -0.00974. The van der Waals surface area contributed by atoms with Gasteiger partial charge in [-0.2, -0.15) is 10.2 Å². The molecule has 0 amide bonds. The van der Waals surface area contributed by atoms with E-state index in [0.29, 0.717) is 0 Å². The number of hydrogen-bond acceptors (Lipinski definition) is 7. The van der Waals surface area contributed by atoms with E-state index in [2.05, 4.69) is 31.7 Å². The number of nitrogens with zero attached hydrogens (tertiary/aromatic N) is 2. The molecule has 0 aliphatic rings. The van der Waals surface area contributed by atoms with Crippen LogP contribution in [0, 0.1) is 0 Å². The number of anilines is 2. The summed E-state index contributed by atoms with van der Waals surface area (Å²) >= 11 is 10.4. The first-order valence-corrected chi connectivity index (χ1v) is 10.1. The fourth-order valence-electron chi connectivity index (χ4n) is 2.25. The maximum Gasteiger partial charge on any atom is 0.191 e. The van der Waals surface area contributed by atoms with Crippen LogP contribution in [0.1, 0.15) is 6.42 Å². The van der Waals surface area contributed by atoms with Crippen LogP contribution in [0.4, 0.5) is 11.4 Å². The van der Waals surface area contributed by atoms with Crippen LogP contribution < -0.4 is 21.5 Å². The van der Waals surface area contributed by atoms with Gasteiger partial charge in [-0.05, 0) is 48.7 Å². The minimum Gasteiger partial charge on any atom is -0.394 e. The average molecular weight is 461 g/mol. The predicted molar refractivity (Wildman–Crippen MR) is 131 cm³/mol. The zero-order chi connectivity index (χ0) is 22.5. The van der Waals surface area contributed by atoms with E-state index in [9.17, 15) is 10.2 Å². The molecule has 2 aromatic carbocycles. The molecule has 0 spiro atoms. The van der Waals surface area contributed by atoms with E-state index in [1.165, 1.54) is 6.21 Å². The zero-order valence-corrected chi connectivity index (χ0v) is 18.1.